The summed E-state index contributed by atoms with van der Waals surface area (Å²) in [5.41, 5.74) is -0.000278. The van der Waals surface area contributed by atoms with Gasteiger partial charge in [0.05, 0.1) is 5.75 Å². The molecule has 1 aromatic heterocycles. The molecule has 63 valence electrons. The van der Waals surface area contributed by atoms with Crippen LogP contribution in [0.2, 0.25) is 0 Å². The molecule has 0 fully saturated rings. The van der Waals surface area contributed by atoms with Crippen LogP contribution in [0.1, 0.15) is 12.5 Å². The second-order valence-electron chi connectivity index (χ2n) is 2.28. The van der Waals surface area contributed by atoms with Gasteiger partial charge in [0.15, 0.2) is 0 Å². The van der Waals surface area contributed by atoms with Crippen LogP contribution in [-0.4, -0.2) is 9.67 Å². The molecule has 0 spiro atoms. The van der Waals surface area contributed by atoms with Crippen LogP contribution in [0.15, 0.2) is 17.1 Å². The average molecular weight is 241 g/mol. The number of aromatic nitrogens is 1. The molecule has 0 aliphatic rings. The standard InChI is InChI=1S/C8H10NO2.Y/c1-3-9-5-4-6(2)7(10)8(9)11;/h4-5,10H,2-3H2,1H3;/q-1;. The molecule has 1 heterocycles. The number of aromatic hydroxyl groups is 1. The minimum atomic E-state index is -0.375. The first-order chi connectivity index (χ1) is 5.16. The van der Waals surface area contributed by atoms with Gasteiger partial charge in [0.2, 0.25) is 5.56 Å². The van der Waals surface area contributed by atoms with Crippen molar-refractivity contribution < 1.29 is 37.8 Å². The van der Waals surface area contributed by atoms with Gasteiger partial charge in [-0.05, 0) is 13.1 Å². The number of rotatable bonds is 1. The summed E-state index contributed by atoms with van der Waals surface area (Å²) in [5.74, 6) is -0.255. The zero-order valence-corrected chi connectivity index (χ0v) is 9.79. The smallest absolute Gasteiger partial charge is 0.235 e. The normalized spacial score (nSPS) is 9.08. The molecule has 1 rings (SSSR count). The van der Waals surface area contributed by atoms with E-state index in [9.17, 15) is 4.79 Å². The van der Waals surface area contributed by atoms with E-state index in [1.165, 1.54) is 4.57 Å². The first-order valence-electron chi connectivity index (χ1n) is 3.41. The van der Waals surface area contributed by atoms with Gasteiger partial charge in [0, 0.05) is 39.3 Å². The topological polar surface area (TPSA) is 42.2 Å². The van der Waals surface area contributed by atoms with Crippen LogP contribution in [-0.2, 0) is 39.3 Å². The van der Waals surface area contributed by atoms with Gasteiger partial charge in [-0.1, -0.05) is 0 Å². The molecule has 0 unspecified atom stereocenters. The predicted molar refractivity (Wildman–Crippen MR) is 42.5 cm³/mol. The van der Waals surface area contributed by atoms with Gasteiger partial charge in [-0.3, -0.25) is 4.79 Å². The van der Waals surface area contributed by atoms with Gasteiger partial charge in [0.1, 0.15) is 0 Å². The van der Waals surface area contributed by atoms with E-state index in [4.69, 9.17) is 5.11 Å². The Morgan fingerprint density at radius 3 is 2.75 bits per heavy atom. The van der Waals surface area contributed by atoms with E-state index < -0.39 is 0 Å². The molecule has 0 aliphatic heterocycles. The van der Waals surface area contributed by atoms with Gasteiger partial charge in [-0.25, -0.2) is 0 Å². The Hall–Kier alpha value is -0.276. The minimum absolute atomic E-state index is 0. The second-order valence-corrected chi connectivity index (χ2v) is 2.28. The molecule has 0 aromatic carbocycles. The fourth-order valence-electron chi connectivity index (χ4n) is 0.849. The summed E-state index contributed by atoms with van der Waals surface area (Å²) in [4.78, 5) is 11.1. The molecule has 0 saturated carbocycles. The largest absolute Gasteiger partial charge is 0.560 e. The number of hydrogen-bond acceptors (Lipinski definition) is 2. The van der Waals surface area contributed by atoms with Gasteiger partial charge >= 0.3 is 0 Å². The first kappa shape index (κ1) is 11.7. The fraction of sp³-hybridized carbons (Fsp3) is 0.250. The minimum Gasteiger partial charge on any atom is -0.560 e. The van der Waals surface area contributed by atoms with Crippen molar-refractivity contribution in [1.82, 2.24) is 4.57 Å². The van der Waals surface area contributed by atoms with E-state index in [1.54, 1.807) is 12.3 Å². The molecule has 1 aromatic rings. The summed E-state index contributed by atoms with van der Waals surface area (Å²) in [6, 6.07) is 1.61. The SMILES string of the molecule is [CH2-]c1ccn(CC)c(=O)c1O.[Y]. The van der Waals surface area contributed by atoms with Crippen LogP contribution < -0.4 is 5.56 Å². The second kappa shape index (κ2) is 4.68. The van der Waals surface area contributed by atoms with Crippen molar-refractivity contribution in [3.63, 3.8) is 0 Å². The van der Waals surface area contributed by atoms with E-state index in [0.29, 0.717) is 12.1 Å². The van der Waals surface area contributed by atoms with Crippen LogP contribution in [0.25, 0.3) is 0 Å². The van der Waals surface area contributed by atoms with E-state index in [1.807, 2.05) is 6.92 Å². The van der Waals surface area contributed by atoms with E-state index >= 15 is 0 Å². The fourth-order valence-corrected chi connectivity index (χ4v) is 0.849. The third-order valence-corrected chi connectivity index (χ3v) is 1.56. The zero-order valence-electron chi connectivity index (χ0n) is 6.95. The molecule has 0 atom stereocenters. The maximum atomic E-state index is 11.1. The summed E-state index contributed by atoms with van der Waals surface area (Å²) in [7, 11) is 0. The summed E-state index contributed by atoms with van der Waals surface area (Å²) in [5, 5.41) is 9.12. The molecule has 0 saturated heterocycles. The van der Waals surface area contributed by atoms with Gasteiger partial charge in [0.25, 0.3) is 0 Å². The van der Waals surface area contributed by atoms with Crippen molar-refractivity contribution in [2.24, 2.45) is 0 Å². The van der Waals surface area contributed by atoms with Crippen LogP contribution in [0.5, 0.6) is 5.75 Å². The van der Waals surface area contributed by atoms with Crippen LogP contribution in [0, 0.1) is 6.92 Å². The Balaban J connectivity index is 0.00000121. The molecule has 1 N–H and O–H groups in total. The third kappa shape index (κ3) is 2.11. The summed E-state index contributed by atoms with van der Waals surface area (Å²) in [6.07, 6.45) is 1.62. The number of pyridine rings is 1. The van der Waals surface area contributed by atoms with Crippen molar-refractivity contribution in [2.45, 2.75) is 13.5 Å². The Morgan fingerprint density at radius 2 is 2.25 bits per heavy atom. The summed E-state index contributed by atoms with van der Waals surface area (Å²) in [6.45, 7) is 5.89. The molecular weight excluding hydrogens is 231 g/mol. The number of nitrogens with zero attached hydrogens (tertiary/aromatic N) is 1. The Labute approximate surface area is 96.3 Å². The third-order valence-electron chi connectivity index (χ3n) is 1.56. The van der Waals surface area contributed by atoms with E-state index in [2.05, 4.69) is 6.92 Å². The number of aryl methyl sites for hydroxylation is 1. The molecule has 0 bridgehead atoms. The maximum Gasteiger partial charge on any atom is 0.235 e. The Kier molecular flexibility index (Phi) is 4.57. The molecule has 1 radical (unpaired) electrons. The molecule has 0 amide bonds. The van der Waals surface area contributed by atoms with Crippen molar-refractivity contribution in [1.29, 1.82) is 0 Å². The molecule has 0 aliphatic carbocycles. The van der Waals surface area contributed by atoms with Crippen LogP contribution >= 0.6 is 0 Å². The van der Waals surface area contributed by atoms with Gasteiger partial charge in [-0.2, -0.15) is 6.92 Å². The van der Waals surface area contributed by atoms with Crippen molar-refractivity contribution >= 4 is 0 Å². The summed E-state index contributed by atoms with van der Waals surface area (Å²) < 4.78 is 1.42. The van der Waals surface area contributed by atoms with Gasteiger partial charge < -0.3 is 9.67 Å². The zero-order chi connectivity index (χ0) is 8.43. The van der Waals surface area contributed by atoms with Crippen LogP contribution in [0.3, 0.4) is 0 Å². The van der Waals surface area contributed by atoms with E-state index in [-0.39, 0.29) is 44.0 Å². The van der Waals surface area contributed by atoms with Crippen molar-refractivity contribution in [3.05, 3.63) is 35.1 Å². The van der Waals surface area contributed by atoms with Crippen LogP contribution in [0.4, 0.5) is 0 Å². The summed E-state index contributed by atoms with van der Waals surface area (Å²) >= 11 is 0. The maximum absolute atomic E-state index is 11.1. The molecule has 12 heavy (non-hydrogen) atoms. The van der Waals surface area contributed by atoms with Crippen molar-refractivity contribution in [2.75, 3.05) is 0 Å². The average Bonchev–Trinajstić information content (AvgIpc) is 2.01. The Morgan fingerprint density at radius 1 is 1.67 bits per heavy atom. The van der Waals surface area contributed by atoms with E-state index in [0.717, 1.165) is 0 Å². The van der Waals surface area contributed by atoms with Crippen molar-refractivity contribution in [3.8, 4) is 5.75 Å². The molecule has 3 nitrogen and oxygen atoms in total. The molecule has 4 heteroatoms. The monoisotopic (exact) mass is 241 g/mol. The number of hydrogen-bond donors (Lipinski definition) is 1. The molecular formula is C8H10NO2Y-. The quantitative estimate of drug-likeness (QED) is 0.737. The van der Waals surface area contributed by atoms with Gasteiger partial charge in [-0.15, -0.1) is 11.6 Å². The Bertz CT molecular complexity index is 319. The first-order valence-corrected chi connectivity index (χ1v) is 3.41. The predicted octanol–water partition coefficient (Wildman–Crippen LogP) is 0.753.